The van der Waals surface area contributed by atoms with Gasteiger partial charge < -0.3 is 15.4 Å². The van der Waals surface area contributed by atoms with Crippen molar-refractivity contribution >= 4 is 17.6 Å². The molecule has 2 aromatic rings. The molecule has 1 aromatic heterocycles. The maximum Gasteiger partial charge on any atom is 0.308 e. The Morgan fingerprint density at radius 3 is 2.91 bits per heavy atom. The van der Waals surface area contributed by atoms with Crippen LogP contribution in [-0.2, 0) is 22.4 Å². The summed E-state index contributed by atoms with van der Waals surface area (Å²) in [4.78, 5) is 39.6. The van der Waals surface area contributed by atoms with Crippen LogP contribution >= 0.6 is 0 Å². The van der Waals surface area contributed by atoms with E-state index in [1.54, 1.807) is 0 Å². The van der Waals surface area contributed by atoms with Gasteiger partial charge in [0.05, 0.1) is 6.10 Å². The number of carbonyl (C=O) groups excluding carboxylic acids is 2. The highest BCUT2D eigenvalue weighted by Crippen LogP contribution is 2.34. The van der Waals surface area contributed by atoms with Crippen molar-refractivity contribution in [1.29, 1.82) is 0 Å². The van der Waals surface area contributed by atoms with Gasteiger partial charge in [-0.05, 0) is 74.3 Å². The molecule has 1 unspecified atom stereocenters. The molecule has 34 heavy (non-hydrogen) atoms. The van der Waals surface area contributed by atoms with Gasteiger partial charge in [-0.1, -0.05) is 12.1 Å². The fraction of sp³-hybridized carbons (Fsp3) is 0.480. The minimum absolute atomic E-state index is 0.0654. The predicted molar refractivity (Wildman–Crippen MR) is 125 cm³/mol. The second-order valence-electron chi connectivity index (χ2n) is 8.96. The lowest BCUT2D eigenvalue weighted by molar-refractivity contribution is -0.120. The maximum atomic E-state index is 13.3. The summed E-state index contributed by atoms with van der Waals surface area (Å²) in [7, 11) is 0. The molecule has 2 heterocycles. The fourth-order valence-corrected chi connectivity index (χ4v) is 4.45. The van der Waals surface area contributed by atoms with Crippen LogP contribution in [0.15, 0.2) is 41.6 Å². The number of amides is 2. The first-order valence-electron chi connectivity index (χ1n) is 11.8. The normalized spacial score (nSPS) is 19.8. The van der Waals surface area contributed by atoms with Crippen LogP contribution in [0.1, 0.15) is 53.7 Å². The van der Waals surface area contributed by atoms with Crippen LogP contribution < -0.4 is 10.6 Å². The van der Waals surface area contributed by atoms with Gasteiger partial charge in [-0.2, -0.15) is 0 Å². The lowest BCUT2D eigenvalue weighted by atomic mass is 9.79. The number of fused-ring (bicyclic) bond motifs is 1. The topological polar surface area (TPSA) is 110 Å². The molecule has 2 amide bonds. The highest BCUT2D eigenvalue weighted by molar-refractivity contribution is 5.97. The van der Waals surface area contributed by atoms with E-state index < -0.39 is 23.7 Å². The van der Waals surface area contributed by atoms with E-state index in [9.17, 15) is 18.9 Å². The highest BCUT2D eigenvalue weighted by Gasteiger charge is 2.30. The van der Waals surface area contributed by atoms with Crippen LogP contribution in [0.4, 0.5) is 10.2 Å². The number of carbonyl (C=O) groups is 2. The number of ether oxygens (including phenoxy) is 1. The van der Waals surface area contributed by atoms with E-state index in [-0.39, 0.29) is 24.7 Å². The third-order valence-corrected chi connectivity index (χ3v) is 6.49. The molecule has 9 heteroatoms. The molecule has 0 bridgehead atoms. The average Bonchev–Trinajstić information content (AvgIpc) is 2.83. The third-order valence-electron chi connectivity index (χ3n) is 6.49. The molecule has 0 radical (unpaired) electrons. The molecule has 1 atom stereocenters. The predicted octanol–water partition coefficient (Wildman–Crippen LogP) is 3.79. The van der Waals surface area contributed by atoms with Crippen LogP contribution in [0.5, 0.6) is 0 Å². The van der Waals surface area contributed by atoms with E-state index in [0.717, 1.165) is 62.6 Å². The zero-order chi connectivity index (χ0) is 23.9. The molecule has 1 aliphatic carbocycles. The number of nitrogens with one attached hydrogen (secondary N) is 2. The number of halogens is 1. The zero-order valence-corrected chi connectivity index (χ0v) is 19.0. The summed E-state index contributed by atoms with van der Waals surface area (Å²) in [5.41, 5.74) is 2.46. The molecular formula is C25H29FN4O4. The number of anilines is 1. The number of pyridine rings is 1. The molecule has 0 spiro atoms. The monoisotopic (exact) mass is 468 g/mol. The van der Waals surface area contributed by atoms with Gasteiger partial charge in [-0.3, -0.25) is 9.59 Å². The molecule has 2 aliphatic rings. The van der Waals surface area contributed by atoms with Crippen LogP contribution in [0.2, 0.25) is 0 Å². The molecule has 8 nitrogen and oxygen atoms in total. The zero-order valence-electron chi connectivity index (χ0n) is 19.0. The fourth-order valence-electron chi connectivity index (χ4n) is 4.45. The number of hydrogen-bond acceptors (Lipinski definition) is 6. The Labute approximate surface area is 197 Å². The van der Waals surface area contributed by atoms with Crippen LogP contribution in [0.25, 0.3) is 0 Å². The number of hydrogen-bond donors (Lipinski definition) is 2. The molecule has 1 aliphatic heterocycles. The Balaban J connectivity index is 1.17. The third kappa shape index (κ3) is 6.22. The van der Waals surface area contributed by atoms with Crippen molar-refractivity contribution in [3.63, 3.8) is 0 Å². The maximum absolute atomic E-state index is 13.3. The standard InChI is InChI=1S/C25H29FN4O4/c26-19-5-1-3-18(15-19)24(31)29-22(25(32)30-33)10-12-34-21-13-16(14-21)6-8-20-9-7-17-4-2-11-27-23(17)28-20/h1,3,5,7,9,15-16,21-22H,2,4,6,8,10-14H2,(H,27,28)(H,29,31). The largest absolute Gasteiger partial charge is 0.378 e. The lowest BCUT2D eigenvalue weighted by Crippen LogP contribution is -2.41. The summed E-state index contributed by atoms with van der Waals surface area (Å²) in [5, 5.41) is 8.25. The van der Waals surface area contributed by atoms with Gasteiger partial charge in [-0.25, -0.2) is 9.37 Å². The van der Waals surface area contributed by atoms with E-state index in [1.807, 2.05) is 0 Å². The first kappa shape index (κ1) is 23.9. The molecule has 180 valence electrons. The number of nitrogens with zero attached hydrogens (tertiary/aromatic N) is 2. The molecule has 2 N–H and O–H groups in total. The Hall–Kier alpha value is -3.20. The molecule has 1 aromatic carbocycles. The van der Waals surface area contributed by atoms with Gasteiger partial charge in [0.15, 0.2) is 0 Å². The van der Waals surface area contributed by atoms with Crippen LogP contribution in [0, 0.1) is 16.6 Å². The van der Waals surface area contributed by atoms with Crippen molar-refractivity contribution in [3.05, 3.63) is 63.9 Å². The van der Waals surface area contributed by atoms with Crippen molar-refractivity contribution in [2.45, 2.75) is 57.1 Å². The summed E-state index contributed by atoms with van der Waals surface area (Å²) in [6.45, 7) is 1.19. The van der Waals surface area contributed by atoms with Gasteiger partial charge in [-0.15, -0.1) is 4.91 Å². The smallest absolute Gasteiger partial charge is 0.308 e. The second kappa shape index (κ2) is 11.3. The van der Waals surface area contributed by atoms with Crippen molar-refractivity contribution in [2.75, 3.05) is 18.5 Å². The van der Waals surface area contributed by atoms with Gasteiger partial charge in [0.2, 0.25) is 0 Å². The van der Waals surface area contributed by atoms with Gasteiger partial charge in [0.25, 0.3) is 5.91 Å². The van der Waals surface area contributed by atoms with E-state index >= 15 is 0 Å². The van der Waals surface area contributed by atoms with Crippen LogP contribution in [-0.4, -0.2) is 42.1 Å². The molecule has 0 saturated heterocycles. The Kier molecular flexibility index (Phi) is 7.95. The van der Waals surface area contributed by atoms with Crippen LogP contribution in [0.3, 0.4) is 0 Å². The summed E-state index contributed by atoms with van der Waals surface area (Å²) in [5.74, 6) is -0.594. The van der Waals surface area contributed by atoms with E-state index in [1.165, 1.54) is 23.8 Å². The summed E-state index contributed by atoms with van der Waals surface area (Å²) in [6, 6.07) is 8.29. The number of nitroso groups, excluding NO2 is 1. The van der Waals surface area contributed by atoms with E-state index in [4.69, 9.17) is 9.72 Å². The van der Waals surface area contributed by atoms with E-state index in [2.05, 4.69) is 27.9 Å². The van der Waals surface area contributed by atoms with Gasteiger partial charge >= 0.3 is 5.91 Å². The van der Waals surface area contributed by atoms with Crippen molar-refractivity contribution in [1.82, 2.24) is 10.3 Å². The SMILES string of the molecule is O=NC(=O)C(CCOC1CC(CCc2ccc3c(n2)NCCC3)C1)NC(=O)c1cccc(F)c1. The first-order chi connectivity index (χ1) is 16.5. The molecule has 1 saturated carbocycles. The second-order valence-corrected chi connectivity index (χ2v) is 8.96. The quantitative estimate of drug-likeness (QED) is 0.514. The number of aryl methyl sites for hydroxylation is 2. The summed E-state index contributed by atoms with van der Waals surface area (Å²) >= 11 is 0. The van der Waals surface area contributed by atoms with Gasteiger partial charge in [0.1, 0.15) is 17.7 Å². The Morgan fingerprint density at radius 2 is 2.12 bits per heavy atom. The van der Waals surface area contributed by atoms with E-state index in [0.29, 0.717) is 5.92 Å². The minimum Gasteiger partial charge on any atom is -0.378 e. The molecule has 1 fully saturated rings. The highest BCUT2D eigenvalue weighted by atomic mass is 19.1. The average molecular weight is 469 g/mol. The molecular weight excluding hydrogens is 439 g/mol. The number of rotatable bonds is 10. The summed E-state index contributed by atoms with van der Waals surface area (Å²) in [6.07, 6.45) is 6.30. The lowest BCUT2D eigenvalue weighted by Gasteiger charge is -2.35. The number of benzene rings is 1. The van der Waals surface area contributed by atoms with Crippen molar-refractivity contribution in [2.24, 2.45) is 11.1 Å². The Bertz CT molecular complexity index is 1040. The summed E-state index contributed by atoms with van der Waals surface area (Å²) < 4.78 is 19.2. The number of aromatic nitrogens is 1. The Morgan fingerprint density at radius 1 is 1.26 bits per heavy atom. The first-order valence-corrected chi connectivity index (χ1v) is 11.8. The minimum atomic E-state index is -1.10. The van der Waals surface area contributed by atoms with Crippen molar-refractivity contribution in [3.8, 4) is 0 Å². The van der Waals surface area contributed by atoms with Gasteiger partial charge in [0, 0.05) is 36.0 Å². The molecule has 4 rings (SSSR count). The van der Waals surface area contributed by atoms with Crippen molar-refractivity contribution < 1.29 is 18.7 Å².